The second kappa shape index (κ2) is 14.2. The number of esters is 2. The largest absolute Gasteiger partial charge is 0.458 e. The van der Waals surface area contributed by atoms with Crippen LogP contribution in [-0.2, 0) is 19.1 Å². The summed E-state index contributed by atoms with van der Waals surface area (Å²) in [5, 5.41) is 18.3. The number of carbonyl (C=O) groups is 2. The first-order valence-electron chi connectivity index (χ1n) is 11.3. The van der Waals surface area contributed by atoms with Gasteiger partial charge in [0.1, 0.15) is 12.2 Å². The highest BCUT2D eigenvalue weighted by Gasteiger charge is 2.37. The minimum Gasteiger partial charge on any atom is -0.458 e. The van der Waals surface area contributed by atoms with E-state index in [4.69, 9.17) is 14.6 Å². The van der Waals surface area contributed by atoms with E-state index >= 15 is 0 Å². The molecule has 1 fully saturated rings. The molecule has 1 heterocycles. The molecule has 0 aromatic carbocycles. The summed E-state index contributed by atoms with van der Waals surface area (Å²) in [6.07, 6.45) is 9.08. The van der Waals surface area contributed by atoms with Crippen LogP contribution >= 0.6 is 0 Å². The molecule has 31 heavy (non-hydrogen) atoms. The average Bonchev–Trinajstić information content (AvgIpc) is 2.72. The van der Waals surface area contributed by atoms with Crippen molar-refractivity contribution in [2.45, 2.75) is 78.9 Å². The van der Waals surface area contributed by atoms with Crippen LogP contribution in [-0.4, -0.2) is 47.6 Å². The number of ether oxygens (including phenoxy) is 2. The lowest BCUT2D eigenvalue weighted by molar-refractivity contribution is -0.180. The number of rotatable bonds is 12. The number of aliphatic hydroxyl groups excluding tert-OH is 2. The summed E-state index contributed by atoms with van der Waals surface area (Å²) in [7, 11) is 0. The number of aliphatic hydroxyl groups is 2. The van der Waals surface area contributed by atoms with Crippen LogP contribution in [0.25, 0.3) is 0 Å². The monoisotopic (exact) mass is 436 g/mol. The molecule has 0 aliphatic carbocycles. The lowest BCUT2D eigenvalue weighted by Gasteiger charge is -2.35. The van der Waals surface area contributed by atoms with Gasteiger partial charge in [0.2, 0.25) is 0 Å². The number of hydrogen-bond donors (Lipinski definition) is 2. The Hall–Kier alpha value is -1.92. The third-order valence-corrected chi connectivity index (χ3v) is 5.75. The van der Waals surface area contributed by atoms with Crippen molar-refractivity contribution in [1.82, 2.24) is 0 Å². The molecule has 1 rings (SSSR count). The van der Waals surface area contributed by atoms with Gasteiger partial charge in [0.25, 0.3) is 0 Å². The van der Waals surface area contributed by atoms with E-state index in [0.717, 1.165) is 18.4 Å². The maximum Gasteiger partial charge on any atom is 0.331 e. The number of carbonyl (C=O) groups excluding carboxylic acids is 2. The van der Waals surface area contributed by atoms with Crippen LogP contribution in [0.3, 0.4) is 0 Å². The van der Waals surface area contributed by atoms with Crippen molar-refractivity contribution in [2.24, 2.45) is 17.8 Å². The number of cyclic esters (lactones) is 1. The first kappa shape index (κ1) is 27.1. The zero-order valence-corrected chi connectivity index (χ0v) is 19.7. The molecule has 1 saturated heterocycles. The zero-order chi connectivity index (χ0) is 23.4. The molecule has 1 aliphatic rings. The molecule has 0 saturated carbocycles. The summed E-state index contributed by atoms with van der Waals surface area (Å²) in [5.41, 5.74) is 2.14. The summed E-state index contributed by atoms with van der Waals surface area (Å²) in [5.74, 6) is -0.352. The third-order valence-electron chi connectivity index (χ3n) is 5.75. The Labute approximate surface area is 187 Å². The van der Waals surface area contributed by atoms with Crippen LogP contribution < -0.4 is 0 Å². The standard InChI is InChI=1S/C25H40O6/c1-6-17(2)13-19(4)14-20(5)25-22(8-10-24(29)31-25)30-23(28)9-7-18(3)15-21(16-27)11-12-26/h6-7,9,15,19-22,25-27H,8,10-14,16H2,1-5H3/b9-7+,17-6+,18-15+/t19-,20+,21-,22-,25-/m1/s1. The molecule has 0 radical (unpaired) electrons. The summed E-state index contributed by atoms with van der Waals surface area (Å²) < 4.78 is 11.3. The quantitative estimate of drug-likeness (QED) is 0.207. The first-order valence-corrected chi connectivity index (χ1v) is 11.3. The van der Waals surface area contributed by atoms with Crippen molar-refractivity contribution >= 4 is 11.9 Å². The van der Waals surface area contributed by atoms with Crippen LogP contribution in [0.5, 0.6) is 0 Å². The second-order valence-electron chi connectivity index (χ2n) is 8.82. The minimum absolute atomic E-state index is 0.00630. The molecular weight excluding hydrogens is 396 g/mol. The maximum atomic E-state index is 12.4. The fraction of sp³-hybridized carbons (Fsp3) is 0.680. The highest BCUT2D eigenvalue weighted by Crippen LogP contribution is 2.30. The number of hydrogen-bond acceptors (Lipinski definition) is 6. The lowest BCUT2D eigenvalue weighted by atomic mass is 9.85. The predicted molar refractivity (Wildman–Crippen MR) is 121 cm³/mol. The van der Waals surface area contributed by atoms with Crippen molar-refractivity contribution in [3.8, 4) is 0 Å². The van der Waals surface area contributed by atoms with Gasteiger partial charge in [-0.2, -0.15) is 0 Å². The highest BCUT2D eigenvalue weighted by molar-refractivity contribution is 5.82. The molecule has 0 aromatic rings. The van der Waals surface area contributed by atoms with E-state index in [-0.39, 0.29) is 37.4 Å². The van der Waals surface area contributed by atoms with E-state index in [2.05, 4.69) is 19.9 Å². The van der Waals surface area contributed by atoms with Gasteiger partial charge in [-0.3, -0.25) is 4.79 Å². The van der Waals surface area contributed by atoms with Crippen LogP contribution in [0.1, 0.15) is 66.7 Å². The van der Waals surface area contributed by atoms with Crippen LogP contribution in [0.2, 0.25) is 0 Å². The molecule has 0 spiro atoms. The Morgan fingerprint density at radius 1 is 1.26 bits per heavy atom. The Bertz CT molecular complexity index is 663. The van der Waals surface area contributed by atoms with Crippen LogP contribution in [0.4, 0.5) is 0 Å². The molecule has 5 atom stereocenters. The minimum atomic E-state index is -0.478. The van der Waals surface area contributed by atoms with Gasteiger partial charge in [-0.1, -0.05) is 43.2 Å². The van der Waals surface area contributed by atoms with E-state index in [1.807, 2.05) is 26.8 Å². The van der Waals surface area contributed by atoms with Gasteiger partial charge in [-0.05, 0) is 58.3 Å². The SMILES string of the molecule is C/C=C(\C)C[C@@H](C)C[C@H](C)[C@H]1OC(=O)CC[C@H]1OC(=O)/C=C/C(C)=C/[C@H](CO)CCO. The first-order chi connectivity index (χ1) is 14.7. The number of allylic oxidation sites excluding steroid dienone is 4. The fourth-order valence-electron chi connectivity index (χ4n) is 4.05. The van der Waals surface area contributed by atoms with Gasteiger partial charge in [-0.25, -0.2) is 4.79 Å². The van der Waals surface area contributed by atoms with Crippen LogP contribution in [0, 0.1) is 17.8 Å². The topological polar surface area (TPSA) is 93.1 Å². The van der Waals surface area contributed by atoms with Gasteiger partial charge < -0.3 is 19.7 Å². The second-order valence-corrected chi connectivity index (χ2v) is 8.82. The average molecular weight is 437 g/mol. The Balaban J connectivity index is 2.73. The van der Waals surface area contributed by atoms with Gasteiger partial charge in [-0.15, -0.1) is 0 Å². The van der Waals surface area contributed by atoms with Crippen molar-refractivity contribution in [2.75, 3.05) is 13.2 Å². The van der Waals surface area contributed by atoms with Gasteiger partial charge in [0.05, 0.1) is 0 Å². The van der Waals surface area contributed by atoms with Crippen molar-refractivity contribution in [3.05, 3.63) is 35.5 Å². The predicted octanol–water partition coefficient (Wildman–Crippen LogP) is 4.12. The maximum absolute atomic E-state index is 12.4. The van der Waals surface area contributed by atoms with Gasteiger partial charge >= 0.3 is 11.9 Å². The van der Waals surface area contributed by atoms with E-state index in [9.17, 15) is 14.7 Å². The van der Waals surface area contributed by atoms with E-state index < -0.39 is 18.2 Å². The van der Waals surface area contributed by atoms with Gasteiger partial charge in [0, 0.05) is 31.6 Å². The van der Waals surface area contributed by atoms with Crippen molar-refractivity contribution in [1.29, 1.82) is 0 Å². The molecule has 176 valence electrons. The van der Waals surface area contributed by atoms with E-state index in [1.54, 1.807) is 6.08 Å². The normalized spacial score (nSPS) is 23.4. The molecule has 6 nitrogen and oxygen atoms in total. The molecular formula is C25H40O6. The molecule has 0 unspecified atom stereocenters. The Morgan fingerprint density at radius 2 is 1.97 bits per heavy atom. The molecule has 6 heteroatoms. The van der Waals surface area contributed by atoms with Crippen molar-refractivity contribution in [3.63, 3.8) is 0 Å². The molecule has 2 N–H and O–H groups in total. The zero-order valence-electron chi connectivity index (χ0n) is 19.7. The van der Waals surface area contributed by atoms with Gasteiger partial charge in [0.15, 0.2) is 0 Å². The van der Waals surface area contributed by atoms with Crippen molar-refractivity contribution < 1.29 is 29.3 Å². The Kier molecular flexibility index (Phi) is 12.4. The molecule has 1 aliphatic heterocycles. The smallest absolute Gasteiger partial charge is 0.331 e. The summed E-state index contributed by atoms with van der Waals surface area (Å²) in [4.78, 5) is 24.3. The summed E-state index contributed by atoms with van der Waals surface area (Å²) in [6, 6.07) is 0. The van der Waals surface area contributed by atoms with Crippen LogP contribution in [0.15, 0.2) is 35.5 Å². The highest BCUT2D eigenvalue weighted by atomic mass is 16.6. The summed E-state index contributed by atoms with van der Waals surface area (Å²) >= 11 is 0. The third kappa shape index (κ3) is 10.3. The molecule has 0 bridgehead atoms. The van der Waals surface area contributed by atoms with E-state index in [1.165, 1.54) is 11.6 Å². The fourth-order valence-corrected chi connectivity index (χ4v) is 4.05. The lowest BCUT2D eigenvalue weighted by Crippen LogP contribution is -2.43. The Morgan fingerprint density at radius 3 is 2.58 bits per heavy atom. The van der Waals surface area contributed by atoms with E-state index in [0.29, 0.717) is 18.8 Å². The molecule has 0 aromatic heterocycles. The summed E-state index contributed by atoms with van der Waals surface area (Å²) in [6.45, 7) is 10.1. The molecule has 0 amide bonds.